The average Bonchev–Trinajstić information content (AvgIpc) is 2.96. The molecule has 0 spiro atoms. The Labute approximate surface area is 237 Å². The van der Waals surface area contributed by atoms with Crippen molar-refractivity contribution in [2.45, 2.75) is 84.7 Å². The molecule has 0 N–H and O–H groups in total. The lowest BCUT2D eigenvalue weighted by Gasteiger charge is -2.13. The minimum atomic E-state index is -0.562. The summed E-state index contributed by atoms with van der Waals surface area (Å²) in [6, 6.07) is 19.9. The Morgan fingerprint density at radius 1 is 0.575 bits per heavy atom. The summed E-state index contributed by atoms with van der Waals surface area (Å²) in [4.78, 5) is 37.5. The monoisotopic (exact) mass is 544 g/mol. The molecule has 0 saturated heterocycles. The van der Waals surface area contributed by atoms with E-state index in [0.717, 1.165) is 32.1 Å². The van der Waals surface area contributed by atoms with Crippen LogP contribution in [0.5, 0.6) is 11.5 Å². The highest BCUT2D eigenvalue weighted by Gasteiger charge is 2.14. The molecule has 3 rings (SSSR count). The highest BCUT2D eigenvalue weighted by molar-refractivity contribution is 5.93. The summed E-state index contributed by atoms with van der Waals surface area (Å²) < 4.78 is 16.4. The van der Waals surface area contributed by atoms with Gasteiger partial charge >= 0.3 is 17.9 Å². The Hall–Kier alpha value is -3.93. The van der Waals surface area contributed by atoms with E-state index in [1.54, 1.807) is 48.5 Å². The second kappa shape index (κ2) is 16.2. The van der Waals surface area contributed by atoms with Gasteiger partial charge in [0.2, 0.25) is 0 Å². The number of esters is 3. The van der Waals surface area contributed by atoms with E-state index in [4.69, 9.17) is 14.2 Å². The molecular weight excluding hydrogens is 504 g/mol. The van der Waals surface area contributed by atoms with E-state index in [1.807, 2.05) is 19.1 Å². The van der Waals surface area contributed by atoms with Crippen molar-refractivity contribution in [2.75, 3.05) is 0 Å². The largest absolute Gasteiger partial charge is 0.459 e. The molecule has 6 heteroatoms. The lowest BCUT2D eigenvalue weighted by molar-refractivity contribution is 0.0319. The molecule has 1 atom stereocenters. The lowest BCUT2D eigenvalue weighted by atomic mass is 10.1. The van der Waals surface area contributed by atoms with Crippen LogP contribution in [0, 0.1) is 0 Å². The topological polar surface area (TPSA) is 78.9 Å². The summed E-state index contributed by atoms with van der Waals surface area (Å²) in [6.07, 6.45) is 9.71. The van der Waals surface area contributed by atoms with Crippen LogP contribution in [0.25, 0.3) is 0 Å². The van der Waals surface area contributed by atoms with Crippen molar-refractivity contribution < 1.29 is 28.6 Å². The summed E-state index contributed by atoms with van der Waals surface area (Å²) >= 11 is 0. The Bertz CT molecular complexity index is 1210. The van der Waals surface area contributed by atoms with Crippen LogP contribution in [0.15, 0.2) is 72.8 Å². The minimum Gasteiger partial charge on any atom is -0.459 e. The molecule has 6 nitrogen and oxygen atoms in total. The quantitative estimate of drug-likeness (QED) is 0.109. The highest BCUT2D eigenvalue weighted by Crippen LogP contribution is 2.19. The molecule has 3 aromatic carbocycles. The molecule has 40 heavy (non-hydrogen) atoms. The standard InChI is InChI=1S/C34H40O6/c1-4-6-8-10-11-25(3)38-32(35)28-17-21-30(22-18-28)40-34(37)29-19-23-31(24-20-29)39-33(36)27-15-13-26(14-16-27)12-9-7-5-2/h13-25H,4-12H2,1-3H3/t25-/m0/s1. The maximum absolute atomic E-state index is 12.6. The molecule has 0 aromatic heterocycles. The highest BCUT2D eigenvalue weighted by atomic mass is 16.5. The maximum Gasteiger partial charge on any atom is 0.343 e. The zero-order valence-electron chi connectivity index (χ0n) is 23.8. The van der Waals surface area contributed by atoms with Gasteiger partial charge in [0.1, 0.15) is 11.5 Å². The predicted octanol–water partition coefficient (Wildman–Crippen LogP) is 8.37. The first-order valence-electron chi connectivity index (χ1n) is 14.3. The molecule has 0 heterocycles. The van der Waals surface area contributed by atoms with Crippen LogP contribution in [-0.2, 0) is 11.2 Å². The summed E-state index contributed by atoms with van der Waals surface area (Å²) in [5.41, 5.74) is 2.37. The zero-order chi connectivity index (χ0) is 28.7. The number of rotatable bonds is 15. The maximum atomic E-state index is 12.6. The molecular formula is C34H40O6. The molecule has 0 unspecified atom stereocenters. The number of ether oxygens (including phenoxy) is 3. The van der Waals surface area contributed by atoms with Crippen molar-refractivity contribution in [3.63, 3.8) is 0 Å². The number of carbonyl (C=O) groups is 3. The van der Waals surface area contributed by atoms with Crippen LogP contribution < -0.4 is 9.47 Å². The second-order valence-corrected chi connectivity index (χ2v) is 10.0. The van der Waals surface area contributed by atoms with Gasteiger partial charge in [-0.05, 0) is 98.8 Å². The van der Waals surface area contributed by atoms with Gasteiger partial charge in [-0.1, -0.05) is 58.1 Å². The summed E-state index contributed by atoms with van der Waals surface area (Å²) in [7, 11) is 0. The van der Waals surface area contributed by atoms with E-state index in [-0.39, 0.29) is 6.10 Å². The number of benzene rings is 3. The number of hydrogen-bond donors (Lipinski definition) is 0. The van der Waals surface area contributed by atoms with Gasteiger partial charge in [0, 0.05) is 0 Å². The van der Waals surface area contributed by atoms with Crippen LogP contribution in [0.4, 0.5) is 0 Å². The van der Waals surface area contributed by atoms with Crippen molar-refractivity contribution >= 4 is 17.9 Å². The van der Waals surface area contributed by atoms with E-state index >= 15 is 0 Å². The van der Waals surface area contributed by atoms with Crippen molar-refractivity contribution in [3.8, 4) is 11.5 Å². The minimum absolute atomic E-state index is 0.148. The third-order valence-corrected chi connectivity index (χ3v) is 6.63. The molecule has 212 valence electrons. The van der Waals surface area contributed by atoms with Gasteiger partial charge in [-0.3, -0.25) is 0 Å². The number of carbonyl (C=O) groups excluding carboxylic acids is 3. The molecule has 0 aliphatic carbocycles. The third-order valence-electron chi connectivity index (χ3n) is 6.63. The summed E-state index contributed by atoms with van der Waals surface area (Å²) in [6.45, 7) is 6.24. The molecule has 0 aliphatic rings. The Morgan fingerprint density at radius 3 is 1.52 bits per heavy atom. The zero-order valence-corrected chi connectivity index (χ0v) is 23.8. The third kappa shape index (κ3) is 9.99. The smallest absolute Gasteiger partial charge is 0.343 e. The van der Waals surface area contributed by atoms with Crippen LogP contribution in [0.2, 0.25) is 0 Å². The molecule has 0 fully saturated rings. The molecule has 0 amide bonds. The fourth-order valence-corrected chi connectivity index (χ4v) is 4.20. The van der Waals surface area contributed by atoms with Crippen molar-refractivity contribution in [2.24, 2.45) is 0 Å². The SMILES string of the molecule is CCCCCC[C@H](C)OC(=O)c1ccc(OC(=O)c2ccc(OC(=O)c3ccc(CCCCC)cc3)cc2)cc1. The van der Waals surface area contributed by atoms with E-state index in [2.05, 4.69) is 13.8 Å². The number of hydrogen-bond acceptors (Lipinski definition) is 6. The number of unbranched alkanes of at least 4 members (excludes halogenated alkanes) is 5. The Morgan fingerprint density at radius 2 is 1.02 bits per heavy atom. The van der Waals surface area contributed by atoms with E-state index in [9.17, 15) is 14.4 Å². The molecule has 0 radical (unpaired) electrons. The lowest BCUT2D eigenvalue weighted by Crippen LogP contribution is -2.15. The van der Waals surface area contributed by atoms with Gasteiger partial charge in [0.05, 0.1) is 22.8 Å². The van der Waals surface area contributed by atoms with Crippen LogP contribution >= 0.6 is 0 Å². The van der Waals surface area contributed by atoms with Gasteiger partial charge < -0.3 is 14.2 Å². The number of aryl methyl sites for hydroxylation is 1. The molecule has 0 bridgehead atoms. The van der Waals surface area contributed by atoms with E-state index in [1.165, 1.54) is 43.4 Å². The first kappa shape index (κ1) is 30.6. The second-order valence-electron chi connectivity index (χ2n) is 10.0. The van der Waals surface area contributed by atoms with Crippen molar-refractivity contribution in [1.82, 2.24) is 0 Å². The first-order chi connectivity index (χ1) is 19.4. The van der Waals surface area contributed by atoms with Gasteiger partial charge in [0.15, 0.2) is 0 Å². The normalized spacial score (nSPS) is 11.5. The molecule has 0 aliphatic heterocycles. The van der Waals surface area contributed by atoms with Gasteiger partial charge in [-0.2, -0.15) is 0 Å². The Balaban J connectivity index is 1.47. The molecule has 3 aromatic rings. The van der Waals surface area contributed by atoms with E-state index in [0.29, 0.717) is 28.2 Å². The van der Waals surface area contributed by atoms with Gasteiger partial charge in [-0.25, -0.2) is 14.4 Å². The fourth-order valence-electron chi connectivity index (χ4n) is 4.20. The van der Waals surface area contributed by atoms with Gasteiger partial charge in [-0.15, -0.1) is 0 Å². The Kier molecular flexibility index (Phi) is 12.4. The molecule has 0 saturated carbocycles. The van der Waals surface area contributed by atoms with Crippen LogP contribution in [-0.4, -0.2) is 24.0 Å². The summed E-state index contributed by atoms with van der Waals surface area (Å²) in [5, 5.41) is 0. The predicted molar refractivity (Wildman–Crippen MR) is 156 cm³/mol. The van der Waals surface area contributed by atoms with Crippen LogP contribution in [0.1, 0.15) is 109 Å². The average molecular weight is 545 g/mol. The van der Waals surface area contributed by atoms with E-state index < -0.39 is 17.9 Å². The summed E-state index contributed by atoms with van der Waals surface area (Å²) in [5.74, 6) is -0.778. The van der Waals surface area contributed by atoms with Crippen molar-refractivity contribution in [3.05, 3.63) is 95.1 Å². The van der Waals surface area contributed by atoms with Crippen LogP contribution in [0.3, 0.4) is 0 Å². The van der Waals surface area contributed by atoms with Crippen molar-refractivity contribution in [1.29, 1.82) is 0 Å². The fraction of sp³-hybridized carbons (Fsp3) is 0.382. The van der Waals surface area contributed by atoms with Gasteiger partial charge in [0.25, 0.3) is 0 Å². The first-order valence-corrected chi connectivity index (χ1v) is 14.3.